The van der Waals surface area contributed by atoms with Crippen molar-refractivity contribution in [2.75, 3.05) is 0 Å². The first-order valence-corrected chi connectivity index (χ1v) is 7.87. The standard InChI is InChI=1S/C17H19N3S/c1-11-6-5-7-13(12(11)2)15(20-18)10-17-19-14-8-3-4-9-16(14)21-17/h3-9,15,20H,10,18H2,1-2H3. The number of nitrogens with two attached hydrogens (primary N) is 1. The molecule has 2 aromatic carbocycles. The van der Waals surface area contributed by atoms with Crippen molar-refractivity contribution in [3.63, 3.8) is 0 Å². The topological polar surface area (TPSA) is 50.9 Å². The van der Waals surface area contributed by atoms with Crippen molar-refractivity contribution in [2.45, 2.75) is 26.3 Å². The Balaban J connectivity index is 1.92. The second kappa shape index (κ2) is 5.93. The van der Waals surface area contributed by atoms with Gasteiger partial charge in [-0.3, -0.25) is 11.3 Å². The second-order valence-electron chi connectivity index (χ2n) is 5.29. The van der Waals surface area contributed by atoms with Gasteiger partial charge in [-0.15, -0.1) is 11.3 Å². The average molecular weight is 297 g/mol. The number of para-hydroxylation sites is 1. The number of nitrogens with one attached hydrogen (secondary N) is 1. The minimum Gasteiger partial charge on any atom is -0.271 e. The Morgan fingerprint density at radius 1 is 1.14 bits per heavy atom. The van der Waals surface area contributed by atoms with Crippen LogP contribution in [0.25, 0.3) is 10.2 Å². The number of rotatable bonds is 4. The highest BCUT2D eigenvalue weighted by Gasteiger charge is 2.16. The molecule has 0 amide bonds. The highest BCUT2D eigenvalue weighted by Crippen LogP contribution is 2.27. The fourth-order valence-electron chi connectivity index (χ4n) is 2.59. The molecule has 0 aliphatic rings. The van der Waals surface area contributed by atoms with Gasteiger partial charge in [0.2, 0.25) is 0 Å². The third kappa shape index (κ3) is 2.83. The van der Waals surface area contributed by atoms with Gasteiger partial charge in [-0.25, -0.2) is 4.98 Å². The third-order valence-corrected chi connectivity index (χ3v) is 5.00. The molecule has 3 aromatic rings. The Bertz CT molecular complexity index is 731. The molecule has 0 saturated heterocycles. The van der Waals surface area contributed by atoms with Crippen LogP contribution in [0.3, 0.4) is 0 Å². The minimum atomic E-state index is 0.0884. The summed E-state index contributed by atoms with van der Waals surface area (Å²) in [6.45, 7) is 4.28. The fraction of sp³-hybridized carbons (Fsp3) is 0.235. The molecule has 0 fully saturated rings. The molecule has 3 N–H and O–H groups in total. The molecule has 1 unspecified atom stereocenters. The third-order valence-electron chi connectivity index (χ3n) is 3.94. The molecule has 0 aliphatic carbocycles. The van der Waals surface area contributed by atoms with Gasteiger partial charge in [0.25, 0.3) is 0 Å². The fourth-order valence-corrected chi connectivity index (χ4v) is 3.60. The van der Waals surface area contributed by atoms with Crippen molar-refractivity contribution >= 4 is 21.6 Å². The molecule has 0 saturated carbocycles. The van der Waals surface area contributed by atoms with Crippen molar-refractivity contribution < 1.29 is 0 Å². The van der Waals surface area contributed by atoms with Crippen LogP contribution >= 0.6 is 11.3 Å². The number of hydrogen-bond acceptors (Lipinski definition) is 4. The van der Waals surface area contributed by atoms with E-state index in [1.165, 1.54) is 21.4 Å². The summed E-state index contributed by atoms with van der Waals surface area (Å²) in [7, 11) is 0. The van der Waals surface area contributed by atoms with Gasteiger partial charge in [0, 0.05) is 6.42 Å². The molecule has 0 aliphatic heterocycles. The predicted octanol–water partition coefficient (Wildman–Crippen LogP) is 3.66. The molecule has 3 rings (SSSR count). The van der Waals surface area contributed by atoms with E-state index in [0.717, 1.165) is 16.9 Å². The number of aryl methyl sites for hydroxylation is 1. The maximum Gasteiger partial charge on any atom is 0.0958 e. The smallest absolute Gasteiger partial charge is 0.0958 e. The summed E-state index contributed by atoms with van der Waals surface area (Å²) in [6.07, 6.45) is 0.806. The van der Waals surface area contributed by atoms with Gasteiger partial charge >= 0.3 is 0 Å². The Morgan fingerprint density at radius 2 is 1.95 bits per heavy atom. The summed E-state index contributed by atoms with van der Waals surface area (Å²) in [4.78, 5) is 4.70. The van der Waals surface area contributed by atoms with Gasteiger partial charge in [-0.1, -0.05) is 30.3 Å². The quantitative estimate of drug-likeness (QED) is 0.571. The van der Waals surface area contributed by atoms with Crippen molar-refractivity contribution in [3.05, 3.63) is 64.2 Å². The summed E-state index contributed by atoms with van der Waals surface area (Å²) in [5.41, 5.74) is 7.84. The van der Waals surface area contributed by atoms with Crippen LogP contribution in [0, 0.1) is 13.8 Å². The largest absolute Gasteiger partial charge is 0.271 e. The lowest BCUT2D eigenvalue weighted by Gasteiger charge is -2.18. The minimum absolute atomic E-state index is 0.0884. The molecule has 3 nitrogen and oxygen atoms in total. The Kier molecular flexibility index (Phi) is 4.01. The summed E-state index contributed by atoms with van der Waals surface area (Å²) in [5, 5.41) is 1.11. The van der Waals surface area contributed by atoms with Gasteiger partial charge in [0.05, 0.1) is 21.3 Å². The first kappa shape index (κ1) is 14.2. The predicted molar refractivity (Wildman–Crippen MR) is 89.3 cm³/mol. The molecule has 4 heteroatoms. The van der Waals surface area contributed by atoms with Crippen LogP contribution in [0.15, 0.2) is 42.5 Å². The molecule has 0 spiro atoms. The van der Waals surface area contributed by atoms with E-state index in [4.69, 9.17) is 10.8 Å². The number of aromatic nitrogens is 1. The number of fused-ring (bicyclic) bond motifs is 1. The zero-order valence-electron chi connectivity index (χ0n) is 12.3. The van der Waals surface area contributed by atoms with Crippen LogP contribution in [0.4, 0.5) is 0 Å². The lowest BCUT2D eigenvalue weighted by atomic mass is 9.96. The number of benzene rings is 2. The van der Waals surface area contributed by atoms with Crippen LogP contribution in [-0.4, -0.2) is 4.98 Å². The summed E-state index contributed by atoms with van der Waals surface area (Å²) >= 11 is 1.74. The van der Waals surface area contributed by atoms with E-state index in [1.54, 1.807) is 11.3 Å². The number of thiazole rings is 1. The number of nitrogens with zero attached hydrogens (tertiary/aromatic N) is 1. The van der Waals surface area contributed by atoms with Crippen LogP contribution in [0.2, 0.25) is 0 Å². The van der Waals surface area contributed by atoms with E-state index in [1.807, 2.05) is 12.1 Å². The normalized spacial score (nSPS) is 12.7. The average Bonchev–Trinajstić information content (AvgIpc) is 2.90. The van der Waals surface area contributed by atoms with Crippen LogP contribution in [-0.2, 0) is 6.42 Å². The highest BCUT2D eigenvalue weighted by molar-refractivity contribution is 7.18. The Hall–Kier alpha value is -1.75. The highest BCUT2D eigenvalue weighted by atomic mass is 32.1. The zero-order valence-corrected chi connectivity index (χ0v) is 13.1. The first-order valence-electron chi connectivity index (χ1n) is 7.05. The van der Waals surface area contributed by atoms with Crippen LogP contribution < -0.4 is 11.3 Å². The lowest BCUT2D eigenvalue weighted by molar-refractivity contribution is 0.548. The zero-order chi connectivity index (χ0) is 14.8. The SMILES string of the molecule is Cc1cccc(C(Cc2nc3ccccc3s2)NN)c1C. The first-order chi connectivity index (χ1) is 10.2. The van der Waals surface area contributed by atoms with Gasteiger partial charge in [-0.2, -0.15) is 0 Å². The van der Waals surface area contributed by atoms with Crippen LogP contribution in [0.1, 0.15) is 27.7 Å². The summed E-state index contributed by atoms with van der Waals surface area (Å²) < 4.78 is 1.23. The van der Waals surface area contributed by atoms with E-state index in [9.17, 15) is 0 Å². The summed E-state index contributed by atoms with van der Waals surface area (Å²) in [5.74, 6) is 5.79. The molecule has 21 heavy (non-hydrogen) atoms. The Labute approximate surface area is 128 Å². The molecule has 1 aromatic heterocycles. The monoisotopic (exact) mass is 297 g/mol. The molecule has 108 valence electrons. The van der Waals surface area contributed by atoms with E-state index < -0.39 is 0 Å². The number of hydrogen-bond donors (Lipinski definition) is 2. The van der Waals surface area contributed by atoms with E-state index in [2.05, 4.69) is 49.6 Å². The van der Waals surface area contributed by atoms with Gasteiger partial charge in [0.15, 0.2) is 0 Å². The van der Waals surface area contributed by atoms with E-state index in [0.29, 0.717) is 0 Å². The molecule has 0 radical (unpaired) electrons. The van der Waals surface area contributed by atoms with Crippen molar-refractivity contribution in [3.8, 4) is 0 Å². The van der Waals surface area contributed by atoms with Crippen molar-refractivity contribution in [2.24, 2.45) is 5.84 Å². The maximum atomic E-state index is 5.79. The summed E-state index contributed by atoms with van der Waals surface area (Å²) in [6, 6.07) is 14.7. The van der Waals surface area contributed by atoms with Gasteiger partial charge < -0.3 is 0 Å². The van der Waals surface area contributed by atoms with Gasteiger partial charge in [-0.05, 0) is 42.7 Å². The van der Waals surface area contributed by atoms with E-state index >= 15 is 0 Å². The molecular weight excluding hydrogens is 278 g/mol. The van der Waals surface area contributed by atoms with E-state index in [-0.39, 0.29) is 6.04 Å². The van der Waals surface area contributed by atoms with Gasteiger partial charge in [0.1, 0.15) is 0 Å². The molecule has 0 bridgehead atoms. The Morgan fingerprint density at radius 3 is 2.71 bits per heavy atom. The maximum absolute atomic E-state index is 5.79. The number of hydrazine groups is 1. The van der Waals surface area contributed by atoms with Crippen molar-refractivity contribution in [1.82, 2.24) is 10.4 Å². The molecule has 1 atom stereocenters. The lowest BCUT2D eigenvalue weighted by Crippen LogP contribution is -2.30. The molecule has 1 heterocycles. The van der Waals surface area contributed by atoms with Crippen LogP contribution in [0.5, 0.6) is 0 Å². The second-order valence-corrected chi connectivity index (χ2v) is 6.40. The van der Waals surface area contributed by atoms with Crippen molar-refractivity contribution in [1.29, 1.82) is 0 Å². The molecular formula is C17H19N3S.